The number of oxazole rings is 1. The monoisotopic (exact) mass is 227 g/mol. The summed E-state index contributed by atoms with van der Waals surface area (Å²) in [6.45, 7) is 0. The van der Waals surface area contributed by atoms with Gasteiger partial charge in [0.25, 0.3) is 0 Å². The number of hydrogen-bond donors (Lipinski definition) is 2. The Labute approximate surface area is 96.8 Å². The van der Waals surface area contributed by atoms with Crippen LogP contribution in [0.2, 0.25) is 0 Å². The van der Waals surface area contributed by atoms with Crippen molar-refractivity contribution in [3.63, 3.8) is 0 Å². The average molecular weight is 227 g/mol. The quantitative estimate of drug-likeness (QED) is 0.670. The van der Waals surface area contributed by atoms with Gasteiger partial charge in [-0.2, -0.15) is 0 Å². The van der Waals surface area contributed by atoms with E-state index in [0.717, 1.165) is 0 Å². The molecule has 0 amide bonds. The lowest BCUT2D eigenvalue weighted by molar-refractivity contribution is 0.473. The van der Waals surface area contributed by atoms with Crippen LogP contribution in [0, 0.1) is 0 Å². The molecule has 3 rings (SSSR count). The Hall–Kier alpha value is -2.49. The second-order valence-electron chi connectivity index (χ2n) is 3.69. The van der Waals surface area contributed by atoms with E-state index < -0.39 is 0 Å². The SMILES string of the molecule is Oc1ccc2nc(-c3ccccc3O)oc2c1. The van der Waals surface area contributed by atoms with Gasteiger partial charge in [-0.05, 0) is 24.3 Å². The molecule has 0 saturated heterocycles. The summed E-state index contributed by atoms with van der Waals surface area (Å²) in [4.78, 5) is 4.25. The highest BCUT2D eigenvalue weighted by atomic mass is 16.4. The first-order valence-corrected chi connectivity index (χ1v) is 5.12. The molecule has 0 aliphatic rings. The van der Waals surface area contributed by atoms with Gasteiger partial charge in [0.15, 0.2) is 5.58 Å². The fourth-order valence-corrected chi connectivity index (χ4v) is 1.68. The van der Waals surface area contributed by atoms with Crippen molar-refractivity contribution in [3.05, 3.63) is 42.5 Å². The maximum Gasteiger partial charge on any atom is 0.231 e. The standard InChI is InChI=1S/C13H9NO3/c15-8-5-6-10-12(7-8)17-13(14-10)9-3-1-2-4-11(9)16/h1-7,15-16H. The Kier molecular flexibility index (Phi) is 2.01. The van der Waals surface area contributed by atoms with E-state index in [-0.39, 0.29) is 11.5 Å². The Balaban J connectivity index is 2.22. The average Bonchev–Trinajstić information content (AvgIpc) is 2.72. The maximum absolute atomic E-state index is 9.69. The third kappa shape index (κ3) is 1.59. The van der Waals surface area contributed by atoms with Crippen LogP contribution in [0.25, 0.3) is 22.6 Å². The van der Waals surface area contributed by atoms with E-state index in [1.807, 2.05) is 0 Å². The van der Waals surface area contributed by atoms with Gasteiger partial charge in [0.05, 0.1) is 5.56 Å². The molecule has 4 heteroatoms. The molecule has 17 heavy (non-hydrogen) atoms. The number of rotatable bonds is 1. The predicted octanol–water partition coefficient (Wildman–Crippen LogP) is 2.91. The molecular weight excluding hydrogens is 218 g/mol. The minimum absolute atomic E-state index is 0.114. The molecule has 0 spiro atoms. The highest BCUT2D eigenvalue weighted by Crippen LogP contribution is 2.31. The van der Waals surface area contributed by atoms with E-state index in [4.69, 9.17) is 4.42 Å². The van der Waals surface area contributed by atoms with Crippen LogP contribution >= 0.6 is 0 Å². The first kappa shape index (κ1) is 9.72. The smallest absolute Gasteiger partial charge is 0.231 e. The summed E-state index contributed by atoms with van der Waals surface area (Å²) in [6.07, 6.45) is 0. The van der Waals surface area contributed by atoms with Gasteiger partial charge in [-0.3, -0.25) is 0 Å². The zero-order valence-corrected chi connectivity index (χ0v) is 8.79. The lowest BCUT2D eigenvalue weighted by atomic mass is 10.2. The summed E-state index contributed by atoms with van der Waals surface area (Å²) in [6, 6.07) is 11.5. The van der Waals surface area contributed by atoms with Gasteiger partial charge < -0.3 is 14.6 Å². The van der Waals surface area contributed by atoms with Crippen molar-refractivity contribution in [2.24, 2.45) is 0 Å². The van der Waals surface area contributed by atoms with Crippen molar-refractivity contribution in [2.45, 2.75) is 0 Å². The van der Waals surface area contributed by atoms with Gasteiger partial charge in [-0.1, -0.05) is 12.1 Å². The third-order valence-corrected chi connectivity index (χ3v) is 2.51. The van der Waals surface area contributed by atoms with Crippen LogP contribution in [0.3, 0.4) is 0 Å². The summed E-state index contributed by atoms with van der Waals surface area (Å²) in [7, 11) is 0. The van der Waals surface area contributed by atoms with Crippen molar-refractivity contribution < 1.29 is 14.6 Å². The van der Waals surface area contributed by atoms with Gasteiger partial charge in [-0.15, -0.1) is 0 Å². The van der Waals surface area contributed by atoms with Crippen LogP contribution in [0.1, 0.15) is 0 Å². The second-order valence-corrected chi connectivity index (χ2v) is 3.69. The first-order chi connectivity index (χ1) is 8.24. The van der Waals surface area contributed by atoms with Crippen LogP contribution in [-0.2, 0) is 0 Å². The molecule has 0 fully saturated rings. The largest absolute Gasteiger partial charge is 0.508 e. The van der Waals surface area contributed by atoms with Gasteiger partial charge in [0.1, 0.15) is 17.0 Å². The van der Waals surface area contributed by atoms with Gasteiger partial charge in [0, 0.05) is 6.07 Å². The number of fused-ring (bicyclic) bond motifs is 1. The lowest BCUT2D eigenvalue weighted by Crippen LogP contribution is -1.77. The van der Waals surface area contributed by atoms with Crippen molar-refractivity contribution in [1.82, 2.24) is 4.98 Å². The minimum atomic E-state index is 0.114. The van der Waals surface area contributed by atoms with Gasteiger partial charge in [-0.25, -0.2) is 4.98 Å². The van der Waals surface area contributed by atoms with Crippen molar-refractivity contribution in [1.29, 1.82) is 0 Å². The van der Waals surface area contributed by atoms with E-state index in [1.54, 1.807) is 36.4 Å². The normalized spacial score (nSPS) is 10.8. The van der Waals surface area contributed by atoms with Gasteiger partial charge in [0.2, 0.25) is 5.89 Å². The minimum Gasteiger partial charge on any atom is -0.508 e. The highest BCUT2D eigenvalue weighted by Gasteiger charge is 2.11. The zero-order valence-electron chi connectivity index (χ0n) is 8.79. The van der Waals surface area contributed by atoms with Crippen LogP contribution in [0.4, 0.5) is 0 Å². The molecule has 1 aromatic heterocycles. The summed E-state index contributed by atoms with van der Waals surface area (Å²) in [5.41, 5.74) is 1.66. The zero-order chi connectivity index (χ0) is 11.8. The Bertz CT molecular complexity index is 688. The van der Waals surface area contributed by atoms with Crippen LogP contribution in [0.15, 0.2) is 46.9 Å². The molecular formula is C13H9NO3. The van der Waals surface area contributed by atoms with E-state index in [9.17, 15) is 10.2 Å². The number of nitrogens with zero attached hydrogens (tertiary/aromatic N) is 1. The molecule has 1 heterocycles. The van der Waals surface area contributed by atoms with E-state index in [0.29, 0.717) is 22.6 Å². The molecule has 0 unspecified atom stereocenters. The number of benzene rings is 2. The molecule has 0 atom stereocenters. The Morgan fingerprint density at radius 2 is 1.82 bits per heavy atom. The second kappa shape index (κ2) is 3.52. The van der Waals surface area contributed by atoms with Crippen molar-refractivity contribution in [2.75, 3.05) is 0 Å². The van der Waals surface area contributed by atoms with Gasteiger partial charge >= 0.3 is 0 Å². The van der Waals surface area contributed by atoms with E-state index in [1.165, 1.54) is 6.07 Å². The van der Waals surface area contributed by atoms with E-state index >= 15 is 0 Å². The Morgan fingerprint density at radius 1 is 1.00 bits per heavy atom. The number of aromatic hydroxyl groups is 2. The summed E-state index contributed by atoms with van der Waals surface area (Å²) in [5.74, 6) is 0.574. The van der Waals surface area contributed by atoms with E-state index in [2.05, 4.69) is 4.98 Å². The topological polar surface area (TPSA) is 66.5 Å². The lowest BCUT2D eigenvalue weighted by Gasteiger charge is -1.97. The molecule has 0 saturated carbocycles. The van der Waals surface area contributed by atoms with Crippen molar-refractivity contribution >= 4 is 11.1 Å². The number of phenols is 2. The molecule has 2 aromatic carbocycles. The van der Waals surface area contributed by atoms with Crippen molar-refractivity contribution in [3.8, 4) is 23.0 Å². The fraction of sp³-hybridized carbons (Fsp3) is 0. The molecule has 0 aliphatic heterocycles. The molecule has 4 nitrogen and oxygen atoms in total. The molecule has 0 radical (unpaired) electrons. The first-order valence-electron chi connectivity index (χ1n) is 5.12. The number of aromatic nitrogens is 1. The maximum atomic E-state index is 9.69. The number of para-hydroxylation sites is 1. The molecule has 84 valence electrons. The fourth-order valence-electron chi connectivity index (χ4n) is 1.68. The number of hydrogen-bond acceptors (Lipinski definition) is 4. The highest BCUT2D eigenvalue weighted by molar-refractivity contribution is 5.78. The predicted molar refractivity (Wildman–Crippen MR) is 62.8 cm³/mol. The summed E-state index contributed by atoms with van der Waals surface area (Å²) < 4.78 is 5.48. The molecule has 0 bridgehead atoms. The number of phenolic OH excluding ortho intramolecular Hbond substituents is 2. The van der Waals surface area contributed by atoms with Crippen LogP contribution in [0.5, 0.6) is 11.5 Å². The Morgan fingerprint density at radius 3 is 2.65 bits per heavy atom. The summed E-state index contributed by atoms with van der Waals surface area (Å²) >= 11 is 0. The third-order valence-electron chi connectivity index (χ3n) is 2.51. The molecule has 0 aliphatic carbocycles. The summed E-state index contributed by atoms with van der Waals surface area (Å²) in [5, 5.41) is 19.0. The molecule has 2 N–H and O–H groups in total. The molecule has 3 aromatic rings. The van der Waals surface area contributed by atoms with Crippen LogP contribution in [-0.4, -0.2) is 15.2 Å². The van der Waals surface area contributed by atoms with Crippen LogP contribution < -0.4 is 0 Å².